The van der Waals surface area contributed by atoms with Gasteiger partial charge in [-0.05, 0) is 49.9 Å². The highest BCUT2D eigenvalue weighted by molar-refractivity contribution is 5.86. The third-order valence-electron chi connectivity index (χ3n) is 4.36. The molecule has 0 radical (unpaired) electrons. The third kappa shape index (κ3) is 3.43. The number of rotatable bonds is 7. The third-order valence-corrected chi connectivity index (χ3v) is 4.36. The first-order chi connectivity index (χ1) is 10.6. The Morgan fingerprint density at radius 3 is 2.68 bits per heavy atom. The normalized spacial score (nSPS) is 11.1. The maximum atomic E-state index is 12.0. The van der Waals surface area contributed by atoms with Gasteiger partial charge in [0.2, 0.25) is 5.91 Å². The number of H-pyrrole nitrogens is 1. The molecule has 0 spiro atoms. The molecule has 0 bridgehead atoms. The molecule has 4 heteroatoms. The summed E-state index contributed by atoms with van der Waals surface area (Å²) in [6.07, 6.45) is 2.61. The van der Waals surface area contributed by atoms with Crippen LogP contribution in [0.3, 0.4) is 0 Å². The van der Waals surface area contributed by atoms with Crippen molar-refractivity contribution in [3.05, 3.63) is 29.5 Å². The van der Waals surface area contributed by atoms with E-state index in [1.54, 1.807) is 7.11 Å². The number of hydrogen-bond acceptors (Lipinski definition) is 2. The number of aromatic nitrogens is 1. The van der Waals surface area contributed by atoms with Crippen LogP contribution in [0.2, 0.25) is 0 Å². The number of hydrogen-bond donors (Lipinski definition) is 2. The molecule has 0 fully saturated rings. The van der Waals surface area contributed by atoms with Crippen LogP contribution in [0, 0.1) is 12.8 Å². The van der Waals surface area contributed by atoms with Crippen LogP contribution in [0.25, 0.3) is 10.9 Å². The Morgan fingerprint density at radius 2 is 2.05 bits per heavy atom. The summed E-state index contributed by atoms with van der Waals surface area (Å²) in [7, 11) is 1.68. The van der Waals surface area contributed by atoms with Gasteiger partial charge < -0.3 is 15.0 Å². The molecule has 0 aliphatic rings. The van der Waals surface area contributed by atoms with Gasteiger partial charge in [-0.2, -0.15) is 0 Å². The number of aromatic amines is 1. The molecule has 2 N–H and O–H groups in total. The van der Waals surface area contributed by atoms with Crippen molar-refractivity contribution in [3.63, 3.8) is 0 Å². The molecule has 0 unspecified atom stereocenters. The standard InChI is InChI=1S/C18H26N2O2/c1-5-13(6-2)18(21)19-10-9-15-12(3)20-17-8-7-14(22-4)11-16(15)17/h7-8,11,13,20H,5-6,9-10H2,1-4H3,(H,19,21). The smallest absolute Gasteiger partial charge is 0.223 e. The quantitative estimate of drug-likeness (QED) is 0.821. The fourth-order valence-corrected chi connectivity index (χ4v) is 2.93. The Hall–Kier alpha value is -1.97. The lowest BCUT2D eigenvalue weighted by atomic mass is 10.0. The fraction of sp³-hybridized carbons (Fsp3) is 0.500. The van der Waals surface area contributed by atoms with Crippen molar-refractivity contribution in [2.75, 3.05) is 13.7 Å². The predicted octanol–water partition coefficient (Wildman–Crippen LogP) is 3.58. The Morgan fingerprint density at radius 1 is 1.32 bits per heavy atom. The SMILES string of the molecule is CCC(CC)C(=O)NCCc1c(C)[nH]c2ccc(OC)cc12. The molecule has 0 saturated heterocycles. The number of carbonyl (C=O) groups excluding carboxylic acids is 1. The average Bonchev–Trinajstić information content (AvgIpc) is 2.83. The minimum absolute atomic E-state index is 0.129. The van der Waals surface area contributed by atoms with Crippen molar-refractivity contribution < 1.29 is 9.53 Å². The summed E-state index contributed by atoms with van der Waals surface area (Å²) in [6, 6.07) is 6.04. The molecule has 1 aromatic carbocycles. The van der Waals surface area contributed by atoms with E-state index in [-0.39, 0.29) is 11.8 Å². The maximum absolute atomic E-state index is 12.0. The van der Waals surface area contributed by atoms with Gasteiger partial charge in [-0.3, -0.25) is 4.79 Å². The van der Waals surface area contributed by atoms with Crippen molar-refractivity contribution in [1.82, 2.24) is 10.3 Å². The number of fused-ring (bicyclic) bond motifs is 1. The molecule has 4 nitrogen and oxygen atoms in total. The number of benzene rings is 1. The van der Waals surface area contributed by atoms with Crippen LogP contribution in [0.15, 0.2) is 18.2 Å². The zero-order valence-electron chi connectivity index (χ0n) is 14.0. The van der Waals surface area contributed by atoms with Crippen molar-refractivity contribution >= 4 is 16.8 Å². The summed E-state index contributed by atoms with van der Waals surface area (Å²) in [5.74, 6) is 1.15. The second-order valence-electron chi connectivity index (χ2n) is 5.69. The fourth-order valence-electron chi connectivity index (χ4n) is 2.93. The predicted molar refractivity (Wildman–Crippen MR) is 90.4 cm³/mol. The zero-order chi connectivity index (χ0) is 16.1. The van der Waals surface area contributed by atoms with Gasteiger partial charge in [-0.1, -0.05) is 13.8 Å². The molecule has 0 aliphatic heterocycles. The molecular weight excluding hydrogens is 276 g/mol. The molecule has 0 aliphatic carbocycles. The summed E-state index contributed by atoms with van der Waals surface area (Å²) in [5.41, 5.74) is 3.51. The molecule has 1 amide bonds. The molecule has 120 valence electrons. The molecule has 1 heterocycles. The second-order valence-corrected chi connectivity index (χ2v) is 5.69. The highest BCUT2D eigenvalue weighted by atomic mass is 16.5. The molecular formula is C18H26N2O2. The number of ether oxygens (including phenoxy) is 1. The number of amides is 1. The van der Waals surface area contributed by atoms with E-state index in [1.807, 2.05) is 12.1 Å². The van der Waals surface area contributed by atoms with Crippen LogP contribution in [0.5, 0.6) is 5.75 Å². The summed E-state index contributed by atoms with van der Waals surface area (Å²) < 4.78 is 5.31. The summed E-state index contributed by atoms with van der Waals surface area (Å²) in [4.78, 5) is 15.4. The summed E-state index contributed by atoms with van der Waals surface area (Å²) >= 11 is 0. The topological polar surface area (TPSA) is 54.1 Å². The largest absolute Gasteiger partial charge is 0.497 e. The van der Waals surface area contributed by atoms with Gasteiger partial charge in [0.15, 0.2) is 0 Å². The van der Waals surface area contributed by atoms with Gasteiger partial charge in [-0.25, -0.2) is 0 Å². The lowest BCUT2D eigenvalue weighted by molar-refractivity contribution is -0.125. The van der Waals surface area contributed by atoms with Gasteiger partial charge in [0.1, 0.15) is 5.75 Å². The van der Waals surface area contributed by atoms with Crippen molar-refractivity contribution in [1.29, 1.82) is 0 Å². The Labute approximate surface area is 132 Å². The van der Waals surface area contributed by atoms with Crippen LogP contribution < -0.4 is 10.1 Å². The van der Waals surface area contributed by atoms with E-state index >= 15 is 0 Å². The van der Waals surface area contributed by atoms with Crippen LogP contribution in [-0.4, -0.2) is 24.5 Å². The van der Waals surface area contributed by atoms with E-state index in [9.17, 15) is 4.79 Å². The highest BCUT2D eigenvalue weighted by Gasteiger charge is 2.14. The average molecular weight is 302 g/mol. The maximum Gasteiger partial charge on any atom is 0.223 e. The van der Waals surface area contributed by atoms with Gasteiger partial charge in [0, 0.05) is 29.1 Å². The second kappa shape index (κ2) is 7.34. The Bertz CT molecular complexity index is 642. The monoisotopic (exact) mass is 302 g/mol. The number of aryl methyl sites for hydroxylation is 1. The molecule has 22 heavy (non-hydrogen) atoms. The van der Waals surface area contributed by atoms with Gasteiger partial charge in [0.05, 0.1) is 7.11 Å². The lowest BCUT2D eigenvalue weighted by Gasteiger charge is -2.12. The van der Waals surface area contributed by atoms with Crippen LogP contribution in [0.4, 0.5) is 0 Å². The first kappa shape index (κ1) is 16.4. The Balaban J connectivity index is 2.08. The number of methoxy groups -OCH3 is 1. The molecule has 0 atom stereocenters. The van der Waals surface area contributed by atoms with E-state index in [1.165, 1.54) is 10.9 Å². The molecule has 1 aromatic heterocycles. The van der Waals surface area contributed by atoms with E-state index in [4.69, 9.17) is 4.74 Å². The van der Waals surface area contributed by atoms with Gasteiger partial charge >= 0.3 is 0 Å². The van der Waals surface area contributed by atoms with Crippen LogP contribution in [0.1, 0.15) is 37.9 Å². The Kier molecular flexibility index (Phi) is 5.47. The zero-order valence-corrected chi connectivity index (χ0v) is 14.0. The summed E-state index contributed by atoms with van der Waals surface area (Å²) in [6.45, 7) is 6.86. The van der Waals surface area contributed by atoms with Crippen LogP contribution >= 0.6 is 0 Å². The molecule has 2 rings (SSSR count). The van der Waals surface area contributed by atoms with Gasteiger partial charge in [0.25, 0.3) is 0 Å². The van der Waals surface area contributed by atoms with E-state index in [2.05, 4.69) is 37.1 Å². The number of nitrogens with one attached hydrogen (secondary N) is 2. The van der Waals surface area contributed by atoms with Crippen LogP contribution in [-0.2, 0) is 11.2 Å². The van der Waals surface area contributed by atoms with Gasteiger partial charge in [-0.15, -0.1) is 0 Å². The van der Waals surface area contributed by atoms with E-state index in [0.717, 1.165) is 36.2 Å². The minimum atomic E-state index is 0.129. The lowest BCUT2D eigenvalue weighted by Crippen LogP contribution is -2.31. The van der Waals surface area contributed by atoms with Crippen molar-refractivity contribution in [2.24, 2.45) is 5.92 Å². The van der Waals surface area contributed by atoms with E-state index < -0.39 is 0 Å². The summed E-state index contributed by atoms with van der Waals surface area (Å²) in [5, 5.41) is 4.23. The van der Waals surface area contributed by atoms with E-state index in [0.29, 0.717) is 6.54 Å². The minimum Gasteiger partial charge on any atom is -0.497 e. The highest BCUT2D eigenvalue weighted by Crippen LogP contribution is 2.26. The molecule has 0 saturated carbocycles. The molecule has 2 aromatic rings. The first-order valence-electron chi connectivity index (χ1n) is 8.03. The first-order valence-corrected chi connectivity index (χ1v) is 8.03. The van der Waals surface area contributed by atoms with Crippen molar-refractivity contribution in [3.8, 4) is 5.75 Å². The number of carbonyl (C=O) groups is 1. The van der Waals surface area contributed by atoms with Crippen molar-refractivity contribution in [2.45, 2.75) is 40.0 Å².